The van der Waals surface area contributed by atoms with Crippen molar-refractivity contribution in [1.29, 1.82) is 0 Å². The van der Waals surface area contributed by atoms with E-state index in [-0.39, 0.29) is 23.8 Å². The van der Waals surface area contributed by atoms with Gasteiger partial charge in [0.05, 0.1) is 24.0 Å². The molecule has 1 unspecified atom stereocenters. The molecule has 0 saturated heterocycles. The topological polar surface area (TPSA) is 79.5 Å². The van der Waals surface area contributed by atoms with Crippen molar-refractivity contribution in [2.24, 2.45) is 7.05 Å². The Labute approximate surface area is 141 Å². The minimum atomic E-state index is -0.457. The highest BCUT2D eigenvalue weighted by Crippen LogP contribution is 2.14. The second-order valence-corrected chi connectivity index (χ2v) is 5.81. The Kier molecular flexibility index (Phi) is 5.58. The van der Waals surface area contributed by atoms with E-state index in [0.29, 0.717) is 12.2 Å². The van der Waals surface area contributed by atoms with Gasteiger partial charge in [0, 0.05) is 13.6 Å². The van der Waals surface area contributed by atoms with Crippen molar-refractivity contribution in [2.45, 2.75) is 19.9 Å². The molecule has 0 spiro atoms. The second kappa shape index (κ2) is 7.46. The summed E-state index contributed by atoms with van der Waals surface area (Å²) in [6.45, 7) is 3.88. The number of rotatable bonds is 6. The van der Waals surface area contributed by atoms with Crippen molar-refractivity contribution >= 4 is 11.6 Å². The number of nitrogens with one attached hydrogen (secondary N) is 1. The van der Waals surface area contributed by atoms with E-state index in [0.717, 1.165) is 5.69 Å². The van der Waals surface area contributed by atoms with Gasteiger partial charge in [-0.3, -0.25) is 19.2 Å². The van der Waals surface area contributed by atoms with Gasteiger partial charge in [0.25, 0.3) is 5.56 Å². The molecule has 2 rings (SSSR count). The maximum Gasteiger partial charge on any atom is 0.295 e. The van der Waals surface area contributed by atoms with Crippen LogP contribution in [-0.4, -0.2) is 51.5 Å². The Morgan fingerprint density at radius 2 is 1.96 bits per heavy atom. The molecule has 1 amide bonds. The van der Waals surface area contributed by atoms with Crippen LogP contribution in [0.4, 0.5) is 5.69 Å². The van der Waals surface area contributed by atoms with E-state index in [1.807, 2.05) is 30.3 Å². The van der Waals surface area contributed by atoms with Crippen molar-refractivity contribution < 1.29 is 9.90 Å². The molecule has 130 valence electrons. The number of anilines is 1. The van der Waals surface area contributed by atoms with Gasteiger partial charge in [-0.05, 0) is 33.0 Å². The molecule has 0 bridgehead atoms. The summed E-state index contributed by atoms with van der Waals surface area (Å²) in [4.78, 5) is 26.9. The zero-order valence-electron chi connectivity index (χ0n) is 14.5. The van der Waals surface area contributed by atoms with Gasteiger partial charge in [0.15, 0.2) is 0 Å². The summed E-state index contributed by atoms with van der Waals surface area (Å²) >= 11 is 0. The number of likely N-dealkylation sites (N-methyl/N-ethyl adjacent to an activating group) is 1. The van der Waals surface area contributed by atoms with Crippen LogP contribution in [0, 0.1) is 6.92 Å². The highest BCUT2D eigenvalue weighted by Gasteiger charge is 2.22. The van der Waals surface area contributed by atoms with Crippen LogP contribution in [0.1, 0.15) is 12.6 Å². The number of amides is 1. The smallest absolute Gasteiger partial charge is 0.295 e. The van der Waals surface area contributed by atoms with Crippen molar-refractivity contribution in [3.8, 4) is 5.69 Å². The van der Waals surface area contributed by atoms with Gasteiger partial charge in [0.2, 0.25) is 5.91 Å². The van der Waals surface area contributed by atoms with Crippen molar-refractivity contribution in [3.63, 3.8) is 0 Å². The van der Waals surface area contributed by atoms with Gasteiger partial charge in [0.1, 0.15) is 5.69 Å². The highest BCUT2D eigenvalue weighted by molar-refractivity contribution is 5.94. The Morgan fingerprint density at radius 1 is 1.33 bits per heavy atom. The van der Waals surface area contributed by atoms with Gasteiger partial charge in [-0.25, -0.2) is 4.68 Å². The van der Waals surface area contributed by atoms with Gasteiger partial charge in [-0.2, -0.15) is 0 Å². The average Bonchev–Trinajstić information content (AvgIpc) is 2.78. The summed E-state index contributed by atoms with van der Waals surface area (Å²) in [5, 5.41) is 11.7. The first-order valence-electron chi connectivity index (χ1n) is 7.84. The molecule has 0 fully saturated rings. The number of carbonyl (C=O) groups excluding carboxylic acids is 1. The van der Waals surface area contributed by atoms with Crippen LogP contribution >= 0.6 is 0 Å². The number of benzene rings is 1. The van der Waals surface area contributed by atoms with E-state index in [2.05, 4.69) is 5.32 Å². The fourth-order valence-corrected chi connectivity index (χ4v) is 2.49. The molecule has 7 nitrogen and oxygen atoms in total. The normalized spacial score (nSPS) is 12.4. The van der Waals surface area contributed by atoms with E-state index >= 15 is 0 Å². The summed E-state index contributed by atoms with van der Waals surface area (Å²) in [5.74, 6) is -0.281. The largest absolute Gasteiger partial charge is 0.395 e. The predicted molar refractivity (Wildman–Crippen MR) is 93.6 cm³/mol. The lowest BCUT2D eigenvalue weighted by Crippen LogP contribution is -2.41. The molecular formula is C17H24N4O3. The van der Waals surface area contributed by atoms with Gasteiger partial charge in [-0.15, -0.1) is 0 Å². The van der Waals surface area contributed by atoms with Crippen LogP contribution in [0.3, 0.4) is 0 Å². The Balaban J connectivity index is 2.33. The summed E-state index contributed by atoms with van der Waals surface area (Å²) in [6.07, 6.45) is 0. The number of nitrogens with zero attached hydrogens (tertiary/aromatic N) is 3. The summed E-state index contributed by atoms with van der Waals surface area (Å²) in [6, 6.07) is 8.81. The van der Waals surface area contributed by atoms with Crippen molar-refractivity contribution in [3.05, 3.63) is 46.4 Å². The number of hydrogen-bond donors (Lipinski definition) is 2. The number of para-hydroxylation sites is 1. The molecule has 24 heavy (non-hydrogen) atoms. The Hall–Kier alpha value is -2.38. The van der Waals surface area contributed by atoms with Crippen molar-refractivity contribution in [2.75, 3.05) is 25.5 Å². The second-order valence-electron chi connectivity index (χ2n) is 5.81. The first-order valence-corrected chi connectivity index (χ1v) is 7.84. The zero-order chi connectivity index (χ0) is 17.9. The first-order chi connectivity index (χ1) is 11.4. The molecule has 0 saturated carbocycles. The fourth-order valence-electron chi connectivity index (χ4n) is 2.49. The molecule has 2 aromatic rings. The monoisotopic (exact) mass is 332 g/mol. The van der Waals surface area contributed by atoms with Gasteiger partial charge < -0.3 is 10.4 Å². The molecule has 0 radical (unpaired) electrons. The molecule has 1 aromatic heterocycles. The third-order valence-electron chi connectivity index (χ3n) is 4.30. The number of hydrogen-bond acceptors (Lipinski definition) is 4. The molecule has 0 aliphatic carbocycles. The molecule has 1 heterocycles. The maximum absolute atomic E-state index is 12.7. The SMILES string of the molecule is Cc1c(NC(=O)C(C)N(C)CCO)c(=O)n(-c2ccccc2)n1C. The van der Waals surface area contributed by atoms with Crippen LogP contribution in [0.5, 0.6) is 0 Å². The molecule has 1 atom stereocenters. The summed E-state index contributed by atoms with van der Waals surface area (Å²) in [7, 11) is 3.53. The molecular weight excluding hydrogens is 308 g/mol. The number of aliphatic hydroxyl groups is 1. The lowest BCUT2D eigenvalue weighted by molar-refractivity contribution is -0.120. The van der Waals surface area contributed by atoms with E-state index in [9.17, 15) is 9.59 Å². The first kappa shape index (κ1) is 18.0. The van der Waals surface area contributed by atoms with Crippen LogP contribution < -0.4 is 10.9 Å². The number of aliphatic hydroxyl groups excluding tert-OH is 1. The molecule has 7 heteroatoms. The quantitative estimate of drug-likeness (QED) is 0.818. The minimum absolute atomic E-state index is 0.0285. The molecule has 1 aromatic carbocycles. The lowest BCUT2D eigenvalue weighted by Gasteiger charge is -2.22. The highest BCUT2D eigenvalue weighted by atomic mass is 16.3. The standard InChI is InChI=1S/C17H24N4O3/c1-12-15(18-16(23)13(2)19(3)10-11-22)17(24)21(20(12)4)14-8-6-5-7-9-14/h5-9,13,22H,10-11H2,1-4H3,(H,18,23). The van der Waals surface area contributed by atoms with Gasteiger partial charge in [-0.1, -0.05) is 18.2 Å². The Bertz CT molecular complexity index is 764. The molecule has 0 aliphatic rings. The van der Waals surface area contributed by atoms with E-state index in [1.54, 1.807) is 37.5 Å². The molecule has 2 N–H and O–H groups in total. The summed E-state index contributed by atoms with van der Waals surface area (Å²) in [5.41, 5.74) is 1.41. The zero-order valence-corrected chi connectivity index (χ0v) is 14.5. The Morgan fingerprint density at radius 3 is 2.54 bits per heavy atom. The van der Waals surface area contributed by atoms with Crippen LogP contribution in [0.25, 0.3) is 5.69 Å². The van der Waals surface area contributed by atoms with Crippen LogP contribution in [-0.2, 0) is 11.8 Å². The van der Waals surface area contributed by atoms with E-state index in [1.165, 1.54) is 4.68 Å². The van der Waals surface area contributed by atoms with Crippen LogP contribution in [0.15, 0.2) is 35.1 Å². The summed E-state index contributed by atoms with van der Waals surface area (Å²) < 4.78 is 3.24. The fraction of sp³-hybridized carbons (Fsp3) is 0.412. The predicted octanol–water partition coefficient (Wildman–Crippen LogP) is 0.736. The third kappa shape index (κ3) is 3.42. The lowest BCUT2D eigenvalue weighted by atomic mass is 10.2. The average molecular weight is 332 g/mol. The van der Waals surface area contributed by atoms with Crippen LogP contribution in [0.2, 0.25) is 0 Å². The number of aromatic nitrogens is 2. The van der Waals surface area contributed by atoms with E-state index < -0.39 is 6.04 Å². The molecule has 0 aliphatic heterocycles. The third-order valence-corrected chi connectivity index (χ3v) is 4.30. The van der Waals surface area contributed by atoms with Gasteiger partial charge >= 0.3 is 0 Å². The maximum atomic E-state index is 12.7. The minimum Gasteiger partial charge on any atom is -0.395 e. The number of carbonyl (C=O) groups is 1. The van der Waals surface area contributed by atoms with E-state index in [4.69, 9.17) is 5.11 Å². The van der Waals surface area contributed by atoms with Crippen molar-refractivity contribution in [1.82, 2.24) is 14.3 Å².